The summed E-state index contributed by atoms with van der Waals surface area (Å²) in [4.78, 5) is 16.1. The molecule has 0 saturated carbocycles. The third-order valence-electron chi connectivity index (χ3n) is 2.09. The molecule has 0 saturated heterocycles. The number of carbonyl (C=O) groups is 1. The standard InChI is InChI=1S/C10H10N2O3S/c1-6-7(4-12-15-6)8-5-11-9(16-8)3-10(13)14-2/h4-5H,3H2,1-2H3. The second-order valence-corrected chi connectivity index (χ2v) is 4.28. The molecule has 0 radical (unpaired) electrons. The van der Waals surface area contributed by atoms with Crippen molar-refractivity contribution in [1.29, 1.82) is 0 Å². The first-order valence-corrected chi connectivity index (χ1v) is 5.45. The normalized spacial score (nSPS) is 10.4. The number of nitrogens with zero attached hydrogens (tertiary/aromatic N) is 2. The second kappa shape index (κ2) is 4.44. The van der Waals surface area contributed by atoms with Gasteiger partial charge >= 0.3 is 5.97 Å². The molecule has 0 aliphatic carbocycles. The molecule has 0 unspecified atom stereocenters. The van der Waals surface area contributed by atoms with Crippen molar-refractivity contribution in [2.24, 2.45) is 0 Å². The lowest BCUT2D eigenvalue weighted by molar-refractivity contribution is -0.139. The molecule has 0 bridgehead atoms. The van der Waals surface area contributed by atoms with E-state index < -0.39 is 0 Å². The van der Waals surface area contributed by atoms with Gasteiger partial charge in [0.25, 0.3) is 0 Å². The van der Waals surface area contributed by atoms with Gasteiger partial charge in [-0.1, -0.05) is 5.16 Å². The molecule has 0 aliphatic heterocycles. The van der Waals surface area contributed by atoms with Crippen LogP contribution in [0, 0.1) is 6.92 Å². The van der Waals surface area contributed by atoms with E-state index in [1.54, 1.807) is 12.4 Å². The number of carbonyl (C=O) groups excluding carboxylic acids is 1. The predicted molar refractivity (Wildman–Crippen MR) is 58.1 cm³/mol. The van der Waals surface area contributed by atoms with Crippen LogP contribution in [0.5, 0.6) is 0 Å². The van der Waals surface area contributed by atoms with E-state index >= 15 is 0 Å². The number of aryl methyl sites for hydroxylation is 1. The SMILES string of the molecule is COC(=O)Cc1ncc(-c2cnoc2C)s1. The zero-order valence-electron chi connectivity index (χ0n) is 8.89. The molecule has 5 nitrogen and oxygen atoms in total. The highest BCUT2D eigenvalue weighted by molar-refractivity contribution is 7.15. The highest BCUT2D eigenvalue weighted by atomic mass is 32.1. The average molecular weight is 238 g/mol. The number of ether oxygens (including phenoxy) is 1. The molecular weight excluding hydrogens is 228 g/mol. The van der Waals surface area contributed by atoms with Crippen molar-refractivity contribution in [3.8, 4) is 10.4 Å². The molecule has 6 heteroatoms. The first kappa shape index (κ1) is 10.8. The predicted octanol–water partition coefficient (Wildman–Crippen LogP) is 1.82. The number of thiazole rings is 1. The van der Waals surface area contributed by atoms with Crippen LogP contribution in [0.4, 0.5) is 0 Å². The van der Waals surface area contributed by atoms with Crippen molar-refractivity contribution in [1.82, 2.24) is 10.1 Å². The monoisotopic (exact) mass is 238 g/mol. The van der Waals surface area contributed by atoms with Gasteiger partial charge in [-0.2, -0.15) is 0 Å². The number of hydrogen-bond donors (Lipinski definition) is 0. The molecule has 84 valence electrons. The van der Waals surface area contributed by atoms with Crippen LogP contribution in [0.1, 0.15) is 10.8 Å². The fraction of sp³-hybridized carbons (Fsp3) is 0.300. The van der Waals surface area contributed by atoms with Crippen molar-refractivity contribution < 1.29 is 14.1 Å². The Morgan fingerprint density at radius 2 is 2.38 bits per heavy atom. The van der Waals surface area contributed by atoms with Gasteiger partial charge in [-0.05, 0) is 6.92 Å². The number of hydrogen-bond acceptors (Lipinski definition) is 6. The van der Waals surface area contributed by atoms with E-state index in [1.807, 2.05) is 6.92 Å². The quantitative estimate of drug-likeness (QED) is 0.763. The van der Waals surface area contributed by atoms with Crippen LogP contribution >= 0.6 is 11.3 Å². The van der Waals surface area contributed by atoms with E-state index in [1.165, 1.54) is 18.4 Å². The smallest absolute Gasteiger partial charge is 0.312 e. The molecule has 2 rings (SSSR count). The van der Waals surface area contributed by atoms with Crippen LogP contribution < -0.4 is 0 Å². The summed E-state index contributed by atoms with van der Waals surface area (Å²) in [6.07, 6.45) is 3.55. The maximum atomic E-state index is 11.1. The van der Waals surface area contributed by atoms with E-state index in [0.29, 0.717) is 0 Å². The van der Waals surface area contributed by atoms with Gasteiger partial charge in [0.15, 0.2) is 0 Å². The summed E-state index contributed by atoms with van der Waals surface area (Å²) >= 11 is 1.44. The summed E-state index contributed by atoms with van der Waals surface area (Å²) in [5, 5.41) is 4.42. The minimum absolute atomic E-state index is 0.200. The minimum atomic E-state index is -0.289. The summed E-state index contributed by atoms with van der Waals surface area (Å²) < 4.78 is 9.54. The molecule has 2 aromatic heterocycles. The highest BCUT2D eigenvalue weighted by Crippen LogP contribution is 2.28. The van der Waals surface area contributed by atoms with E-state index in [4.69, 9.17) is 4.52 Å². The molecule has 0 aliphatic rings. The molecule has 0 spiro atoms. The Morgan fingerprint density at radius 1 is 1.56 bits per heavy atom. The summed E-state index contributed by atoms with van der Waals surface area (Å²) in [5.41, 5.74) is 0.911. The average Bonchev–Trinajstić information content (AvgIpc) is 2.86. The second-order valence-electron chi connectivity index (χ2n) is 3.17. The van der Waals surface area contributed by atoms with Gasteiger partial charge in [0.1, 0.15) is 10.8 Å². The van der Waals surface area contributed by atoms with Crippen LogP contribution in [0.25, 0.3) is 10.4 Å². The Morgan fingerprint density at radius 3 is 3.00 bits per heavy atom. The lowest BCUT2D eigenvalue weighted by Crippen LogP contribution is -2.03. The van der Waals surface area contributed by atoms with E-state index in [9.17, 15) is 4.79 Å². The third-order valence-corrected chi connectivity index (χ3v) is 3.12. The maximum Gasteiger partial charge on any atom is 0.312 e. The first-order chi connectivity index (χ1) is 7.70. The number of aromatic nitrogens is 2. The fourth-order valence-corrected chi connectivity index (χ4v) is 2.21. The zero-order valence-corrected chi connectivity index (χ0v) is 9.71. The summed E-state index contributed by atoms with van der Waals surface area (Å²) in [5.74, 6) is 0.455. The van der Waals surface area contributed by atoms with E-state index in [0.717, 1.165) is 21.2 Å². The van der Waals surface area contributed by atoms with Gasteiger partial charge in [-0.3, -0.25) is 4.79 Å². The van der Waals surface area contributed by atoms with Gasteiger partial charge in [0, 0.05) is 6.20 Å². The largest absolute Gasteiger partial charge is 0.469 e. The van der Waals surface area contributed by atoms with Gasteiger partial charge in [-0.15, -0.1) is 11.3 Å². The Bertz CT molecular complexity index is 504. The summed E-state index contributed by atoms with van der Waals surface area (Å²) in [7, 11) is 1.36. The molecule has 2 heterocycles. The molecule has 0 fully saturated rings. The maximum absolute atomic E-state index is 11.1. The van der Waals surface area contributed by atoms with Crippen LogP contribution in [0.2, 0.25) is 0 Å². The molecular formula is C10H10N2O3S. The molecule has 0 aromatic carbocycles. The first-order valence-electron chi connectivity index (χ1n) is 4.64. The lowest BCUT2D eigenvalue weighted by atomic mass is 10.2. The van der Waals surface area contributed by atoms with Gasteiger partial charge in [0.2, 0.25) is 0 Å². The zero-order chi connectivity index (χ0) is 11.5. The van der Waals surface area contributed by atoms with Gasteiger partial charge in [0.05, 0.1) is 30.2 Å². The molecule has 16 heavy (non-hydrogen) atoms. The summed E-state index contributed by atoms with van der Waals surface area (Å²) in [6, 6.07) is 0. The minimum Gasteiger partial charge on any atom is -0.469 e. The van der Waals surface area contributed by atoms with Crippen molar-refractivity contribution in [2.75, 3.05) is 7.11 Å². The van der Waals surface area contributed by atoms with Crippen LogP contribution in [0.3, 0.4) is 0 Å². The van der Waals surface area contributed by atoms with E-state index in [2.05, 4.69) is 14.9 Å². The Balaban J connectivity index is 2.20. The van der Waals surface area contributed by atoms with Crippen molar-refractivity contribution in [3.63, 3.8) is 0 Å². The Labute approximate surface area is 96.0 Å². The molecule has 0 atom stereocenters. The van der Waals surface area contributed by atoms with Gasteiger partial charge in [-0.25, -0.2) is 4.98 Å². The highest BCUT2D eigenvalue weighted by Gasteiger charge is 2.12. The van der Waals surface area contributed by atoms with Crippen LogP contribution in [-0.4, -0.2) is 23.2 Å². The number of methoxy groups -OCH3 is 1. The lowest BCUT2D eigenvalue weighted by Gasteiger charge is -1.93. The fourth-order valence-electron chi connectivity index (χ4n) is 1.25. The molecule has 0 N–H and O–H groups in total. The van der Waals surface area contributed by atoms with Crippen molar-refractivity contribution in [3.05, 3.63) is 23.2 Å². The van der Waals surface area contributed by atoms with E-state index in [-0.39, 0.29) is 12.4 Å². The molecule has 0 amide bonds. The molecule has 2 aromatic rings. The van der Waals surface area contributed by atoms with Gasteiger partial charge < -0.3 is 9.26 Å². The van der Waals surface area contributed by atoms with Crippen LogP contribution in [0.15, 0.2) is 16.9 Å². The Kier molecular flexibility index (Phi) is 3.00. The van der Waals surface area contributed by atoms with Crippen molar-refractivity contribution in [2.45, 2.75) is 13.3 Å². The Hall–Kier alpha value is -1.69. The van der Waals surface area contributed by atoms with Crippen molar-refractivity contribution >= 4 is 17.3 Å². The third kappa shape index (κ3) is 2.11. The summed E-state index contributed by atoms with van der Waals surface area (Å²) in [6.45, 7) is 1.84. The van der Waals surface area contributed by atoms with Crippen LogP contribution in [-0.2, 0) is 16.0 Å². The number of esters is 1. The number of rotatable bonds is 3. The topological polar surface area (TPSA) is 65.2 Å².